The summed E-state index contributed by atoms with van der Waals surface area (Å²) in [6.07, 6.45) is 0. The molecule has 3 heterocycles. The zero-order valence-electron chi connectivity index (χ0n) is 15.8. The van der Waals surface area contributed by atoms with Crippen molar-refractivity contribution < 1.29 is 9.21 Å². The normalized spacial score (nSPS) is 21.2. The van der Waals surface area contributed by atoms with Crippen LogP contribution in [0.25, 0.3) is 22.3 Å². The second-order valence-corrected chi connectivity index (χ2v) is 7.82. The van der Waals surface area contributed by atoms with Gasteiger partial charge >= 0.3 is 0 Å². The SMILES string of the molecule is Cc1c(-c2ccccc2)oc2c(C(=O)N3C[C@H]4CNC[C@H]4C3)cccc2c1=O. The number of fused-ring (bicyclic) bond motifs is 2. The van der Waals surface area contributed by atoms with Crippen LogP contribution in [0.5, 0.6) is 0 Å². The first-order valence-electron chi connectivity index (χ1n) is 9.75. The largest absolute Gasteiger partial charge is 0.455 e. The number of nitrogens with one attached hydrogen (secondary N) is 1. The Kier molecular flexibility index (Phi) is 4.05. The van der Waals surface area contributed by atoms with Crippen LogP contribution < -0.4 is 10.7 Å². The zero-order chi connectivity index (χ0) is 19.3. The molecule has 0 radical (unpaired) electrons. The molecule has 28 heavy (non-hydrogen) atoms. The second kappa shape index (κ2) is 6.60. The molecule has 0 aliphatic carbocycles. The third kappa shape index (κ3) is 2.66. The van der Waals surface area contributed by atoms with E-state index >= 15 is 0 Å². The molecule has 0 spiro atoms. The molecule has 0 bridgehead atoms. The van der Waals surface area contributed by atoms with Crippen LogP contribution in [0.3, 0.4) is 0 Å². The molecule has 1 N–H and O–H groups in total. The van der Waals surface area contributed by atoms with Crippen molar-refractivity contribution in [3.63, 3.8) is 0 Å². The molecule has 5 nitrogen and oxygen atoms in total. The minimum Gasteiger partial charge on any atom is -0.455 e. The summed E-state index contributed by atoms with van der Waals surface area (Å²) in [7, 11) is 0. The molecule has 1 aromatic heterocycles. The number of amides is 1. The third-order valence-corrected chi connectivity index (χ3v) is 6.09. The van der Waals surface area contributed by atoms with E-state index in [0.29, 0.717) is 39.7 Å². The van der Waals surface area contributed by atoms with E-state index in [-0.39, 0.29) is 11.3 Å². The molecular weight excluding hydrogens is 352 g/mol. The predicted octanol–water partition coefficient (Wildman–Crippen LogP) is 3.06. The number of likely N-dealkylation sites (tertiary alicyclic amines) is 1. The topological polar surface area (TPSA) is 62.6 Å². The molecule has 142 valence electrons. The van der Waals surface area contributed by atoms with Crippen LogP contribution in [0, 0.1) is 18.8 Å². The summed E-state index contributed by atoms with van der Waals surface area (Å²) in [4.78, 5) is 28.2. The van der Waals surface area contributed by atoms with Gasteiger partial charge in [0.25, 0.3) is 5.91 Å². The van der Waals surface area contributed by atoms with E-state index in [1.54, 1.807) is 25.1 Å². The lowest BCUT2D eigenvalue weighted by Gasteiger charge is -2.18. The molecule has 1 amide bonds. The highest BCUT2D eigenvalue weighted by Gasteiger charge is 2.38. The highest BCUT2D eigenvalue weighted by Crippen LogP contribution is 2.31. The molecule has 2 aliphatic rings. The summed E-state index contributed by atoms with van der Waals surface area (Å²) in [6, 6.07) is 14.8. The van der Waals surface area contributed by atoms with Crippen LogP contribution >= 0.6 is 0 Å². The molecule has 3 aromatic rings. The van der Waals surface area contributed by atoms with Gasteiger partial charge in [0.15, 0.2) is 11.0 Å². The highest BCUT2D eigenvalue weighted by atomic mass is 16.3. The Labute approximate surface area is 163 Å². The maximum absolute atomic E-state index is 13.3. The first-order valence-corrected chi connectivity index (χ1v) is 9.75. The maximum atomic E-state index is 13.3. The number of benzene rings is 2. The molecule has 5 heteroatoms. The van der Waals surface area contributed by atoms with Crippen LogP contribution in [-0.2, 0) is 0 Å². The van der Waals surface area contributed by atoms with E-state index < -0.39 is 0 Å². The molecule has 2 aliphatic heterocycles. The fourth-order valence-electron chi connectivity index (χ4n) is 4.53. The van der Waals surface area contributed by atoms with Crippen LogP contribution in [0.2, 0.25) is 0 Å². The van der Waals surface area contributed by atoms with Gasteiger partial charge in [0.1, 0.15) is 5.76 Å². The standard InChI is InChI=1S/C23H22N2O3/c1-14-20(26)18-8-5-9-19(22(18)28-21(14)15-6-3-2-4-7-15)23(27)25-12-16-10-24-11-17(16)13-25/h2-9,16-17,24H,10-13H2,1H3/t16-,17+. The number of para-hydroxylation sites is 1. The van der Waals surface area contributed by atoms with Crippen LogP contribution in [-0.4, -0.2) is 37.0 Å². The third-order valence-electron chi connectivity index (χ3n) is 6.09. The van der Waals surface area contributed by atoms with Gasteiger partial charge in [-0.25, -0.2) is 0 Å². The fourth-order valence-corrected chi connectivity index (χ4v) is 4.53. The van der Waals surface area contributed by atoms with Crippen LogP contribution in [0.4, 0.5) is 0 Å². The lowest BCUT2D eigenvalue weighted by Crippen LogP contribution is -2.32. The van der Waals surface area contributed by atoms with Gasteiger partial charge in [-0.05, 0) is 30.9 Å². The lowest BCUT2D eigenvalue weighted by molar-refractivity contribution is 0.0782. The molecule has 2 fully saturated rings. The van der Waals surface area contributed by atoms with E-state index in [4.69, 9.17) is 4.42 Å². The number of hydrogen-bond acceptors (Lipinski definition) is 4. The van der Waals surface area contributed by atoms with Crippen LogP contribution in [0.15, 0.2) is 57.7 Å². The van der Waals surface area contributed by atoms with Crippen LogP contribution in [0.1, 0.15) is 15.9 Å². The average Bonchev–Trinajstić information content (AvgIpc) is 3.33. The summed E-state index contributed by atoms with van der Waals surface area (Å²) in [5, 5.41) is 3.86. The zero-order valence-corrected chi connectivity index (χ0v) is 15.8. The number of nitrogens with zero attached hydrogens (tertiary/aromatic N) is 1. The van der Waals surface area contributed by atoms with E-state index in [1.165, 1.54) is 0 Å². The van der Waals surface area contributed by atoms with Crippen molar-refractivity contribution in [2.75, 3.05) is 26.2 Å². The Morgan fingerprint density at radius 3 is 2.46 bits per heavy atom. The van der Waals surface area contributed by atoms with Crippen molar-refractivity contribution in [3.05, 3.63) is 69.9 Å². The molecule has 5 rings (SSSR count). The Morgan fingerprint density at radius 1 is 1.04 bits per heavy atom. The van der Waals surface area contributed by atoms with Crippen molar-refractivity contribution in [1.29, 1.82) is 0 Å². The van der Waals surface area contributed by atoms with E-state index in [1.807, 2.05) is 35.2 Å². The van der Waals surface area contributed by atoms with Crippen molar-refractivity contribution in [1.82, 2.24) is 10.2 Å². The van der Waals surface area contributed by atoms with Gasteiger partial charge in [-0.2, -0.15) is 0 Å². The van der Waals surface area contributed by atoms with Gasteiger partial charge in [0.05, 0.1) is 10.9 Å². The number of carbonyl (C=O) groups is 1. The van der Waals surface area contributed by atoms with Gasteiger partial charge < -0.3 is 14.6 Å². The van der Waals surface area contributed by atoms with Crippen molar-refractivity contribution in [2.45, 2.75) is 6.92 Å². The smallest absolute Gasteiger partial charge is 0.257 e. The predicted molar refractivity (Wildman–Crippen MR) is 108 cm³/mol. The molecule has 0 saturated carbocycles. The fraction of sp³-hybridized carbons (Fsp3) is 0.304. The van der Waals surface area contributed by atoms with Gasteiger partial charge in [-0.15, -0.1) is 0 Å². The lowest BCUT2D eigenvalue weighted by atomic mass is 10.0. The monoisotopic (exact) mass is 374 g/mol. The molecule has 2 atom stereocenters. The number of carbonyl (C=O) groups excluding carboxylic acids is 1. The minimum atomic E-state index is -0.0859. The highest BCUT2D eigenvalue weighted by molar-refractivity contribution is 6.05. The Balaban J connectivity index is 1.63. The summed E-state index contributed by atoms with van der Waals surface area (Å²) < 4.78 is 6.21. The summed E-state index contributed by atoms with van der Waals surface area (Å²) in [5.74, 6) is 1.52. The van der Waals surface area contributed by atoms with E-state index in [2.05, 4.69) is 5.32 Å². The maximum Gasteiger partial charge on any atom is 0.257 e. The molecular formula is C23H22N2O3. The van der Waals surface area contributed by atoms with Gasteiger partial charge in [-0.1, -0.05) is 36.4 Å². The van der Waals surface area contributed by atoms with E-state index in [9.17, 15) is 9.59 Å². The molecule has 0 unspecified atom stereocenters. The van der Waals surface area contributed by atoms with E-state index in [0.717, 1.165) is 31.7 Å². The number of hydrogen-bond donors (Lipinski definition) is 1. The van der Waals surface area contributed by atoms with Gasteiger partial charge in [0, 0.05) is 37.3 Å². The van der Waals surface area contributed by atoms with Crippen molar-refractivity contribution >= 4 is 16.9 Å². The first kappa shape index (κ1) is 17.2. The minimum absolute atomic E-state index is 0.0500. The van der Waals surface area contributed by atoms with Crippen molar-refractivity contribution in [3.8, 4) is 11.3 Å². The summed E-state index contributed by atoms with van der Waals surface area (Å²) >= 11 is 0. The second-order valence-electron chi connectivity index (χ2n) is 7.82. The quantitative estimate of drug-likeness (QED) is 0.749. The average molecular weight is 374 g/mol. The Bertz CT molecular complexity index is 1110. The summed E-state index contributed by atoms with van der Waals surface area (Å²) in [5.41, 5.74) is 2.17. The van der Waals surface area contributed by atoms with Crippen molar-refractivity contribution in [2.24, 2.45) is 11.8 Å². The first-order chi connectivity index (χ1) is 13.6. The van der Waals surface area contributed by atoms with Gasteiger partial charge in [0.2, 0.25) is 0 Å². The Hall–Kier alpha value is -2.92. The summed E-state index contributed by atoms with van der Waals surface area (Å²) in [6.45, 7) is 5.23. The number of rotatable bonds is 2. The van der Waals surface area contributed by atoms with Gasteiger partial charge in [-0.3, -0.25) is 9.59 Å². The molecule has 2 aromatic carbocycles. The molecule has 2 saturated heterocycles. The Morgan fingerprint density at radius 2 is 1.75 bits per heavy atom.